The van der Waals surface area contributed by atoms with Crippen LogP contribution in [-0.4, -0.2) is 58.9 Å². The first-order valence-corrected chi connectivity index (χ1v) is 26.1. The third kappa shape index (κ3) is 12.2. The minimum atomic E-state index is -0.920. The molecule has 358 valence electrons. The molecule has 3 aromatic carbocycles. The number of nitriles is 1. The number of hydrogen-bond acceptors (Lipinski definition) is 15. The molecule has 17 heteroatoms. The number of nitrogens with zero attached hydrogens (tertiary/aromatic N) is 3. The van der Waals surface area contributed by atoms with Gasteiger partial charge in [-0.3, -0.25) is 19.2 Å². The number of thioether (sulfide) groups is 4. The second kappa shape index (κ2) is 24.7. The standard InChI is InChI=1S/C51H55N3O10S4/c1-7-11-24-34(9-3)47(58)63-38-40-41(66-50(65-40)36(28-52)49(60)62-27-19-26-61-46(57)31(5)6)39(64-48(59)35(10-4)25-12-8-2)43-42(38)67-51(68-43)37-44(55)53(29-32-20-15-13-16-21-32)54(45(37)56)30-33-22-17-14-18-23-33/h13-18,20-23,34-35H,5,7-12,19,24-27,29-30H2,1-4,6H3. The number of carbonyl (C=O) groups is 6. The Balaban J connectivity index is 1.47. The maximum Gasteiger partial charge on any atom is 0.350 e. The van der Waals surface area contributed by atoms with E-state index >= 15 is 0 Å². The summed E-state index contributed by atoms with van der Waals surface area (Å²) in [6.45, 7) is 13.0. The highest BCUT2D eigenvalue weighted by Crippen LogP contribution is 2.69. The van der Waals surface area contributed by atoms with E-state index in [1.165, 1.54) is 16.9 Å². The van der Waals surface area contributed by atoms with Gasteiger partial charge in [-0.05, 0) is 43.7 Å². The Labute approximate surface area is 414 Å². The highest BCUT2D eigenvalue weighted by Gasteiger charge is 2.47. The number of unbranched alkanes of at least 4 members (excludes halogenated alkanes) is 2. The summed E-state index contributed by atoms with van der Waals surface area (Å²) in [7, 11) is 0. The average molecular weight is 998 g/mol. The van der Waals surface area contributed by atoms with Crippen molar-refractivity contribution in [3.8, 4) is 17.6 Å². The first-order valence-electron chi connectivity index (χ1n) is 22.8. The van der Waals surface area contributed by atoms with Gasteiger partial charge < -0.3 is 18.9 Å². The summed E-state index contributed by atoms with van der Waals surface area (Å²) < 4.78 is 23.9. The zero-order valence-corrected chi connectivity index (χ0v) is 42.2. The molecule has 1 fully saturated rings. The van der Waals surface area contributed by atoms with Crippen LogP contribution < -0.4 is 9.47 Å². The molecule has 0 bridgehead atoms. The van der Waals surface area contributed by atoms with Gasteiger partial charge in [-0.15, -0.1) is 0 Å². The van der Waals surface area contributed by atoms with Crippen molar-refractivity contribution < 1.29 is 47.7 Å². The third-order valence-electron chi connectivity index (χ3n) is 11.3. The SMILES string of the molecule is C=C(C)C(=O)OCCCOC(=O)C(C#N)=C1Sc2c(OC(=O)C(CC)CCCC)c3c(c(OC(=O)C(CC)CCCC)c2S1)SC(=C1C(=O)N(Cc2ccccc2)N(Cc2ccccc2)C1=O)S3. The lowest BCUT2D eigenvalue weighted by atomic mass is 10.00. The Hall–Kier alpha value is -5.41. The lowest BCUT2D eigenvalue weighted by molar-refractivity contribution is -0.149. The van der Waals surface area contributed by atoms with E-state index in [1.54, 1.807) is 0 Å². The maximum absolute atomic E-state index is 14.7. The monoisotopic (exact) mass is 997 g/mol. The minimum Gasteiger partial charge on any atom is -0.462 e. The summed E-state index contributed by atoms with van der Waals surface area (Å²) in [5, 5.41) is 13.3. The van der Waals surface area contributed by atoms with Crippen LogP contribution in [-0.2, 0) is 51.3 Å². The predicted molar refractivity (Wildman–Crippen MR) is 263 cm³/mol. The second-order valence-electron chi connectivity index (χ2n) is 16.3. The Morgan fingerprint density at radius 1 is 0.647 bits per heavy atom. The van der Waals surface area contributed by atoms with E-state index in [-0.39, 0.29) is 65.2 Å². The van der Waals surface area contributed by atoms with Gasteiger partial charge in [0.15, 0.2) is 17.1 Å². The molecule has 2 amide bonds. The van der Waals surface area contributed by atoms with E-state index in [2.05, 4.69) is 6.58 Å². The summed E-state index contributed by atoms with van der Waals surface area (Å²) >= 11 is 4.18. The summed E-state index contributed by atoms with van der Waals surface area (Å²) in [5.41, 5.74) is 1.46. The van der Waals surface area contributed by atoms with Gasteiger partial charge in [-0.2, -0.15) is 5.26 Å². The van der Waals surface area contributed by atoms with E-state index in [9.17, 15) is 34.0 Å². The van der Waals surface area contributed by atoms with Crippen LogP contribution in [0.2, 0.25) is 0 Å². The number of ether oxygens (including phenoxy) is 4. The summed E-state index contributed by atoms with van der Waals surface area (Å²) in [6.07, 6.45) is 5.68. The Kier molecular flexibility index (Phi) is 18.9. The lowest BCUT2D eigenvalue weighted by Crippen LogP contribution is -2.39. The highest BCUT2D eigenvalue weighted by molar-refractivity contribution is 8.26. The first kappa shape index (κ1) is 52.0. The quantitative estimate of drug-likeness (QED) is 0.0232. The van der Waals surface area contributed by atoms with Crippen molar-refractivity contribution in [3.05, 3.63) is 104 Å². The van der Waals surface area contributed by atoms with E-state index < -0.39 is 47.5 Å². The van der Waals surface area contributed by atoms with Crippen LogP contribution in [0.1, 0.15) is 104 Å². The van der Waals surface area contributed by atoms with Crippen molar-refractivity contribution >= 4 is 82.7 Å². The molecule has 0 aromatic heterocycles. The molecule has 3 aliphatic rings. The topological polar surface area (TPSA) is 170 Å². The number of rotatable bonds is 22. The van der Waals surface area contributed by atoms with Gasteiger partial charge in [0.2, 0.25) is 0 Å². The van der Waals surface area contributed by atoms with E-state index in [1.807, 2.05) is 94.4 Å². The smallest absolute Gasteiger partial charge is 0.350 e. The largest absolute Gasteiger partial charge is 0.462 e. The Morgan fingerprint density at radius 2 is 1.07 bits per heavy atom. The highest BCUT2D eigenvalue weighted by atomic mass is 32.2. The fourth-order valence-electron chi connectivity index (χ4n) is 7.37. The van der Waals surface area contributed by atoms with Crippen molar-refractivity contribution in [3.63, 3.8) is 0 Å². The van der Waals surface area contributed by atoms with Crippen LogP contribution >= 0.6 is 47.0 Å². The first-order chi connectivity index (χ1) is 32.8. The van der Waals surface area contributed by atoms with E-state index in [4.69, 9.17) is 18.9 Å². The summed E-state index contributed by atoms with van der Waals surface area (Å²) in [5.74, 6) is -4.19. The number of amides is 2. The fourth-order valence-corrected chi connectivity index (χ4v) is 12.8. The molecule has 2 atom stereocenters. The number of benzene rings is 3. The number of hydrazine groups is 1. The average Bonchev–Trinajstić information content (AvgIpc) is 4.03. The zero-order valence-electron chi connectivity index (χ0n) is 38.9. The second-order valence-corrected chi connectivity index (χ2v) is 20.9. The number of esters is 4. The van der Waals surface area contributed by atoms with Gasteiger partial charge in [-0.1, -0.05) is 168 Å². The molecule has 13 nitrogen and oxygen atoms in total. The molecule has 68 heavy (non-hydrogen) atoms. The number of fused-ring (bicyclic) bond motifs is 2. The molecule has 0 radical (unpaired) electrons. The molecule has 3 aromatic rings. The van der Waals surface area contributed by atoms with Crippen molar-refractivity contribution in [2.75, 3.05) is 13.2 Å². The van der Waals surface area contributed by atoms with Gasteiger partial charge in [-0.25, -0.2) is 19.6 Å². The molecule has 3 heterocycles. The van der Waals surface area contributed by atoms with Crippen molar-refractivity contribution in [1.82, 2.24) is 10.0 Å². The van der Waals surface area contributed by atoms with E-state index in [0.29, 0.717) is 49.5 Å². The van der Waals surface area contributed by atoms with Gasteiger partial charge in [0, 0.05) is 12.0 Å². The molecule has 2 unspecified atom stereocenters. The van der Waals surface area contributed by atoms with Crippen LogP contribution in [0, 0.1) is 23.2 Å². The van der Waals surface area contributed by atoms with Crippen LogP contribution in [0.4, 0.5) is 0 Å². The molecule has 0 N–H and O–H groups in total. The fraction of sp³-hybridized carbons (Fsp3) is 0.392. The van der Waals surface area contributed by atoms with Crippen LogP contribution in [0.15, 0.2) is 112 Å². The van der Waals surface area contributed by atoms with Crippen LogP contribution in [0.5, 0.6) is 11.5 Å². The lowest BCUT2D eigenvalue weighted by Gasteiger charge is -2.27. The van der Waals surface area contributed by atoms with Crippen LogP contribution in [0.3, 0.4) is 0 Å². The molecular weight excluding hydrogens is 943 g/mol. The number of hydrogen-bond donors (Lipinski definition) is 0. The summed E-state index contributed by atoms with van der Waals surface area (Å²) in [6, 6.07) is 20.7. The van der Waals surface area contributed by atoms with Gasteiger partial charge in [0.1, 0.15) is 11.6 Å². The molecule has 0 saturated carbocycles. The van der Waals surface area contributed by atoms with E-state index in [0.717, 1.165) is 83.9 Å². The molecule has 1 saturated heterocycles. The Morgan fingerprint density at radius 3 is 1.47 bits per heavy atom. The Bertz CT molecular complexity index is 2400. The van der Waals surface area contributed by atoms with Crippen molar-refractivity contribution in [2.24, 2.45) is 11.8 Å². The zero-order chi connectivity index (χ0) is 48.9. The summed E-state index contributed by atoms with van der Waals surface area (Å²) in [4.78, 5) is 84.6. The minimum absolute atomic E-state index is 0.0316. The van der Waals surface area contributed by atoms with Gasteiger partial charge >= 0.3 is 23.9 Å². The normalized spacial score (nSPS) is 14.9. The maximum atomic E-state index is 14.7. The molecule has 6 rings (SSSR count). The third-order valence-corrected chi connectivity index (χ3v) is 16.4. The molecule has 3 aliphatic heterocycles. The van der Waals surface area contributed by atoms with Crippen LogP contribution in [0.25, 0.3) is 0 Å². The molecule has 0 aliphatic carbocycles. The predicted octanol–water partition coefficient (Wildman–Crippen LogP) is 11.3. The van der Waals surface area contributed by atoms with Gasteiger partial charge in [0.05, 0.1) is 66.2 Å². The number of carbonyl (C=O) groups excluding carboxylic acids is 6. The van der Waals surface area contributed by atoms with Gasteiger partial charge in [0.25, 0.3) is 11.8 Å². The molecular formula is C51H55N3O10S4. The van der Waals surface area contributed by atoms with Crippen molar-refractivity contribution in [2.45, 2.75) is 125 Å². The molecule has 0 spiro atoms. The van der Waals surface area contributed by atoms with Crippen molar-refractivity contribution in [1.29, 1.82) is 5.26 Å².